The van der Waals surface area contributed by atoms with Crippen LogP contribution in [0.4, 0.5) is 0 Å². The molecule has 1 N–H and O–H groups in total. The highest BCUT2D eigenvalue weighted by atomic mass is 32.2. The van der Waals surface area contributed by atoms with E-state index < -0.39 is 10.0 Å². The van der Waals surface area contributed by atoms with Crippen LogP contribution in [0.15, 0.2) is 24.3 Å². The Labute approximate surface area is 179 Å². The Balaban J connectivity index is 1.30. The number of fused-ring (bicyclic) bond motifs is 2. The van der Waals surface area contributed by atoms with Gasteiger partial charge in [-0.15, -0.1) is 0 Å². The molecule has 2 bridgehead atoms. The fourth-order valence-corrected chi connectivity index (χ4v) is 6.35. The van der Waals surface area contributed by atoms with Crippen LogP contribution in [0.25, 0.3) is 0 Å². The van der Waals surface area contributed by atoms with Crippen molar-refractivity contribution in [1.82, 2.24) is 9.62 Å². The monoisotopic (exact) mass is 429 g/mol. The maximum Gasteiger partial charge on any atom is 0.211 e. The van der Waals surface area contributed by atoms with Gasteiger partial charge in [-0.1, -0.05) is 24.3 Å². The van der Waals surface area contributed by atoms with Gasteiger partial charge < -0.3 is 5.32 Å². The number of nitriles is 1. The highest BCUT2D eigenvalue weighted by molar-refractivity contribution is 7.88. The topological polar surface area (TPSA) is 90.3 Å². The number of sulfonamides is 1. The van der Waals surface area contributed by atoms with Gasteiger partial charge in [-0.05, 0) is 61.5 Å². The van der Waals surface area contributed by atoms with Crippen molar-refractivity contribution in [3.63, 3.8) is 0 Å². The largest absolute Gasteiger partial charge is 0.304 e. The molecular formula is C23H31N3O3S. The van der Waals surface area contributed by atoms with Crippen molar-refractivity contribution in [2.75, 3.05) is 19.3 Å². The lowest BCUT2D eigenvalue weighted by atomic mass is 9.87. The zero-order valence-electron chi connectivity index (χ0n) is 17.6. The van der Waals surface area contributed by atoms with E-state index in [0.29, 0.717) is 43.8 Å². The van der Waals surface area contributed by atoms with E-state index >= 15 is 0 Å². The molecule has 1 aromatic carbocycles. The number of nitrogens with zero attached hydrogens (tertiary/aromatic N) is 2. The summed E-state index contributed by atoms with van der Waals surface area (Å²) in [5, 5.41) is 13.0. The molecule has 4 atom stereocenters. The van der Waals surface area contributed by atoms with E-state index in [0.717, 1.165) is 31.2 Å². The Bertz CT molecular complexity index is 914. The van der Waals surface area contributed by atoms with E-state index in [9.17, 15) is 18.5 Å². The average Bonchev–Trinajstić information content (AvgIpc) is 3.37. The van der Waals surface area contributed by atoms with E-state index in [4.69, 9.17) is 0 Å². The number of rotatable bonds is 7. The summed E-state index contributed by atoms with van der Waals surface area (Å²) in [6.07, 6.45) is 7.27. The second kappa shape index (κ2) is 8.78. The maximum absolute atomic E-state index is 12.7. The summed E-state index contributed by atoms with van der Waals surface area (Å²) in [5.41, 5.74) is 2.30. The third kappa shape index (κ3) is 4.77. The lowest BCUT2D eigenvalue weighted by Gasteiger charge is -2.30. The van der Waals surface area contributed by atoms with Gasteiger partial charge in [0.05, 0.1) is 24.3 Å². The molecule has 2 heterocycles. The van der Waals surface area contributed by atoms with Crippen LogP contribution >= 0.6 is 0 Å². The normalized spacial score (nSPS) is 28.3. The molecule has 0 unspecified atom stereocenters. The summed E-state index contributed by atoms with van der Waals surface area (Å²) in [6, 6.07) is 11.1. The molecular weight excluding hydrogens is 398 g/mol. The first-order valence-corrected chi connectivity index (χ1v) is 12.9. The molecule has 6 nitrogen and oxygen atoms in total. The fraction of sp³-hybridized carbons (Fsp3) is 0.652. The molecule has 0 aromatic heterocycles. The minimum absolute atomic E-state index is 0.0419. The van der Waals surface area contributed by atoms with Crippen LogP contribution in [0.5, 0.6) is 0 Å². The Morgan fingerprint density at radius 2 is 1.90 bits per heavy atom. The van der Waals surface area contributed by atoms with Gasteiger partial charge in [0.25, 0.3) is 0 Å². The first-order valence-electron chi connectivity index (χ1n) is 11.1. The van der Waals surface area contributed by atoms with E-state index in [2.05, 4.69) is 35.7 Å². The molecule has 3 fully saturated rings. The number of ketones is 1. The van der Waals surface area contributed by atoms with Crippen molar-refractivity contribution in [2.24, 2.45) is 11.8 Å². The van der Waals surface area contributed by atoms with Crippen LogP contribution in [-0.2, 0) is 21.2 Å². The van der Waals surface area contributed by atoms with Gasteiger partial charge in [0.15, 0.2) is 5.78 Å². The molecule has 1 aliphatic carbocycles. The number of carbonyl (C=O) groups is 1. The zero-order chi connectivity index (χ0) is 21.3. The SMILES string of the molecule is CS(=O)(=O)N1CCC(c2ccc(C[C@@H](C#N)CC(=O)[C@H]3N[C@@H]4CC[C@H]3C4)cc2)CC1. The molecule has 0 spiro atoms. The van der Waals surface area contributed by atoms with E-state index in [1.165, 1.54) is 18.2 Å². The van der Waals surface area contributed by atoms with Crippen LogP contribution in [0, 0.1) is 23.2 Å². The molecule has 4 rings (SSSR count). The highest BCUT2D eigenvalue weighted by Gasteiger charge is 2.42. The second-order valence-corrected chi connectivity index (χ2v) is 11.3. The average molecular weight is 430 g/mol. The number of benzene rings is 1. The Hall–Kier alpha value is -1.75. The fourth-order valence-electron chi connectivity index (χ4n) is 5.48. The van der Waals surface area contributed by atoms with Crippen molar-refractivity contribution < 1.29 is 13.2 Å². The van der Waals surface area contributed by atoms with Crippen LogP contribution in [0.2, 0.25) is 0 Å². The van der Waals surface area contributed by atoms with Crippen molar-refractivity contribution in [1.29, 1.82) is 5.26 Å². The predicted octanol–water partition coefficient (Wildman–Crippen LogP) is 2.61. The van der Waals surface area contributed by atoms with Gasteiger partial charge in [0, 0.05) is 25.6 Å². The Morgan fingerprint density at radius 1 is 1.20 bits per heavy atom. The smallest absolute Gasteiger partial charge is 0.211 e. The third-order valence-electron chi connectivity index (χ3n) is 7.19. The molecule has 3 aliphatic rings. The Morgan fingerprint density at radius 3 is 2.43 bits per heavy atom. The number of hydrogen-bond donors (Lipinski definition) is 1. The predicted molar refractivity (Wildman–Crippen MR) is 115 cm³/mol. The molecule has 2 saturated heterocycles. The lowest BCUT2D eigenvalue weighted by molar-refractivity contribution is -0.122. The van der Waals surface area contributed by atoms with Crippen LogP contribution < -0.4 is 5.32 Å². The molecule has 7 heteroatoms. The molecule has 162 valence electrons. The lowest BCUT2D eigenvalue weighted by Crippen LogP contribution is -2.42. The summed E-state index contributed by atoms with van der Waals surface area (Å²) >= 11 is 0. The zero-order valence-corrected chi connectivity index (χ0v) is 18.4. The van der Waals surface area contributed by atoms with Crippen molar-refractivity contribution in [3.05, 3.63) is 35.4 Å². The van der Waals surface area contributed by atoms with Crippen molar-refractivity contribution >= 4 is 15.8 Å². The number of piperidine rings is 2. The summed E-state index contributed by atoms with van der Waals surface area (Å²) in [4.78, 5) is 12.7. The quantitative estimate of drug-likeness (QED) is 0.720. The third-order valence-corrected chi connectivity index (χ3v) is 8.50. The molecule has 0 radical (unpaired) electrons. The van der Waals surface area contributed by atoms with Crippen molar-refractivity contribution in [3.8, 4) is 6.07 Å². The number of Topliss-reactive ketones (excluding diaryl/α,β-unsaturated/α-hetero) is 1. The van der Waals surface area contributed by atoms with Gasteiger partial charge in [-0.25, -0.2) is 12.7 Å². The van der Waals surface area contributed by atoms with E-state index in [-0.39, 0.29) is 17.7 Å². The van der Waals surface area contributed by atoms with Gasteiger partial charge in [0.2, 0.25) is 10.0 Å². The number of hydrogen-bond acceptors (Lipinski definition) is 5. The van der Waals surface area contributed by atoms with Crippen LogP contribution in [0.1, 0.15) is 55.6 Å². The number of nitrogens with one attached hydrogen (secondary N) is 1. The van der Waals surface area contributed by atoms with E-state index in [1.807, 2.05) is 0 Å². The number of carbonyl (C=O) groups excluding carboxylic acids is 1. The van der Waals surface area contributed by atoms with Crippen LogP contribution in [0.3, 0.4) is 0 Å². The summed E-state index contributed by atoms with van der Waals surface area (Å²) < 4.78 is 24.9. The highest BCUT2D eigenvalue weighted by Crippen LogP contribution is 2.36. The van der Waals surface area contributed by atoms with Crippen molar-refractivity contribution in [2.45, 2.75) is 62.9 Å². The second-order valence-electron chi connectivity index (χ2n) is 9.29. The molecule has 1 saturated carbocycles. The van der Waals surface area contributed by atoms with Gasteiger partial charge in [0.1, 0.15) is 0 Å². The van der Waals surface area contributed by atoms with Gasteiger partial charge in [-0.3, -0.25) is 4.79 Å². The Kier molecular flexibility index (Phi) is 6.29. The summed E-state index contributed by atoms with van der Waals surface area (Å²) in [5.74, 6) is 0.745. The first-order chi connectivity index (χ1) is 14.3. The molecule has 1 aromatic rings. The standard InChI is InChI=1S/C23H31N3O3S/c1-30(28,29)26-10-8-19(9-11-26)18-4-2-16(3-5-18)12-17(15-24)13-22(27)23-20-6-7-21(14-20)25-23/h2-5,17,19-21,23,25H,6-14H2,1H3/t17-,20+,21-,23+/m1/s1. The van der Waals surface area contributed by atoms with Gasteiger partial charge in [-0.2, -0.15) is 5.26 Å². The minimum Gasteiger partial charge on any atom is -0.304 e. The molecule has 2 aliphatic heterocycles. The molecule has 30 heavy (non-hydrogen) atoms. The maximum atomic E-state index is 12.7. The first kappa shape index (κ1) is 21.5. The van der Waals surface area contributed by atoms with Crippen LogP contribution in [-0.4, -0.2) is 49.9 Å². The minimum atomic E-state index is -3.10. The summed E-state index contributed by atoms with van der Waals surface area (Å²) in [6.45, 7) is 1.14. The van der Waals surface area contributed by atoms with E-state index in [1.54, 1.807) is 4.31 Å². The van der Waals surface area contributed by atoms with Gasteiger partial charge >= 0.3 is 0 Å². The molecule has 0 amide bonds. The summed E-state index contributed by atoms with van der Waals surface area (Å²) in [7, 11) is -3.10.